The van der Waals surface area contributed by atoms with Crippen LogP contribution in [0.15, 0.2) is 24.3 Å². The summed E-state index contributed by atoms with van der Waals surface area (Å²) in [5, 5.41) is 2.84. The highest BCUT2D eigenvalue weighted by atomic mass is 32.2. The van der Waals surface area contributed by atoms with Crippen LogP contribution >= 0.6 is 0 Å². The number of sulfonamides is 1. The Kier molecular flexibility index (Phi) is 7.64. The second-order valence-corrected chi connectivity index (χ2v) is 10.2. The molecule has 1 saturated heterocycles. The van der Waals surface area contributed by atoms with E-state index in [0.717, 1.165) is 18.8 Å². The number of carbonyl (C=O) groups excluding carboxylic acids is 1. The van der Waals surface area contributed by atoms with Crippen LogP contribution in [0.3, 0.4) is 0 Å². The zero-order chi connectivity index (χ0) is 19.9. The van der Waals surface area contributed by atoms with Crippen LogP contribution in [0.2, 0.25) is 0 Å². The first kappa shape index (κ1) is 21.7. The van der Waals surface area contributed by atoms with Crippen LogP contribution in [0.5, 0.6) is 5.75 Å². The number of unbranched alkanes of at least 4 members (excludes halogenated alkanes) is 1. The molecule has 7 nitrogen and oxygen atoms in total. The molecule has 0 radical (unpaired) electrons. The highest BCUT2D eigenvalue weighted by molar-refractivity contribution is 7.90. The van der Waals surface area contributed by atoms with Gasteiger partial charge in [-0.3, -0.25) is 4.79 Å². The lowest BCUT2D eigenvalue weighted by Crippen LogP contribution is -2.39. The van der Waals surface area contributed by atoms with Crippen molar-refractivity contribution in [3.63, 3.8) is 0 Å². The van der Waals surface area contributed by atoms with E-state index in [-0.39, 0.29) is 12.0 Å². The largest absolute Gasteiger partial charge is 0.488 e. The van der Waals surface area contributed by atoms with Crippen molar-refractivity contribution in [2.45, 2.75) is 57.3 Å². The van der Waals surface area contributed by atoms with Crippen molar-refractivity contribution >= 4 is 21.6 Å². The number of hydrogen-bond donors (Lipinski definition) is 2. The molecule has 0 saturated carbocycles. The molecule has 1 aliphatic rings. The maximum Gasteiger partial charge on any atom is 0.224 e. The van der Waals surface area contributed by atoms with Crippen molar-refractivity contribution in [2.75, 3.05) is 25.1 Å². The first-order valence-electron chi connectivity index (χ1n) is 9.31. The smallest absolute Gasteiger partial charge is 0.224 e. The molecule has 0 spiro atoms. The molecule has 8 heteroatoms. The molecule has 1 fully saturated rings. The fraction of sp³-hybridized carbons (Fsp3) is 0.632. The van der Waals surface area contributed by atoms with Gasteiger partial charge in [0.05, 0.1) is 18.0 Å². The highest BCUT2D eigenvalue weighted by Gasteiger charge is 2.27. The Balaban J connectivity index is 1.65. The van der Waals surface area contributed by atoms with Gasteiger partial charge in [-0.25, -0.2) is 13.1 Å². The van der Waals surface area contributed by atoms with Gasteiger partial charge in [0.1, 0.15) is 11.9 Å². The van der Waals surface area contributed by atoms with Crippen LogP contribution in [0, 0.1) is 0 Å². The van der Waals surface area contributed by atoms with Crippen molar-refractivity contribution in [1.82, 2.24) is 4.72 Å². The quantitative estimate of drug-likeness (QED) is 0.624. The maximum atomic E-state index is 12.0. The Hall–Kier alpha value is -1.64. The van der Waals surface area contributed by atoms with Crippen LogP contribution in [-0.4, -0.2) is 44.9 Å². The number of carbonyl (C=O) groups is 1. The third-order valence-electron chi connectivity index (χ3n) is 4.26. The summed E-state index contributed by atoms with van der Waals surface area (Å²) in [4.78, 5) is 12.0. The van der Waals surface area contributed by atoms with E-state index in [1.165, 1.54) is 0 Å². The molecule has 0 aromatic heterocycles. The molecule has 0 aliphatic carbocycles. The lowest BCUT2D eigenvalue weighted by molar-refractivity contribution is -0.116. The Labute approximate surface area is 161 Å². The normalized spacial score (nSPS) is 17.7. The van der Waals surface area contributed by atoms with E-state index in [9.17, 15) is 13.2 Å². The summed E-state index contributed by atoms with van der Waals surface area (Å²) in [6.07, 6.45) is 2.56. The molecule has 1 aromatic carbocycles. The van der Waals surface area contributed by atoms with E-state index < -0.39 is 14.8 Å². The van der Waals surface area contributed by atoms with Crippen LogP contribution in [0.25, 0.3) is 0 Å². The van der Waals surface area contributed by atoms with Gasteiger partial charge in [0.15, 0.2) is 0 Å². The summed E-state index contributed by atoms with van der Waals surface area (Å²) >= 11 is 0. The summed E-state index contributed by atoms with van der Waals surface area (Å²) < 4.78 is 36.6. The Morgan fingerprint density at radius 1 is 1.22 bits per heavy atom. The topological polar surface area (TPSA) is 93.7 Å². The van der Waals surface area contributed by atoms with Gasteiger partial charge < -0.3 is 14.8 Å². The number of hydrogen-bond acceptors (Lipinski definition) is 5. The van der Waals surface area contributed by atoms with Crippen LogP contribution in [-0.2, 0) is 19.6 Å². The lowest BCUT2D eigenvalue weighted by Gasteiger charge is -2.19. The van der Waals surface area contributed by atoms with Gasteiger partial charge in [-0.15, -0.1) is 0 Å². The van der Waals surface area contributed by atoms with E-state index in [4.69, 9.17) is 9.47 Å². The van der Waals surface area contributed by atoms with Crippen LogP contribution in [0.1, 0.15) is 46.5 Å². The van der Waals surface area contributed by atoms with Crippen LogP contribution in [0.4, 0.5) is 5.69 Å². The number of ether oxygens (including phenoxy) is 2. The standard InChI is InChI=1S/C19H30N2O5S/c1-19(2,3)27(23,24)20-12-5-4-6-18(22)21-15-7-9-16(10-8-15)26-17-11-13-25-14-17/h7-10,17,20H,4-6,11-14H2,1-3H3,(H,21,22). The number of amides is 1. The van der Waals surface area contributed by atoms with Gasteiger partial charge in [-0.1, -0.05) is 0 Å². The number of rotatable bonds is 9. The SMILES string of the molecule is CC(C)(C)S(=O)(=O)NCCCCC(=O)Nc1ccc(OC2CCOC2)cc1. The minimum absolute atomic E-state index is 0.0912. The molecular weight excluding hydrogens is 368 g/mol. The van der Waals surface area contributed by atoms with Gasteiger partial charge in [-0.05, 0) is 57.9 Å². The molecule has 2 rings (SSSR count). The minimum Gasteiger partial charge on any atom is -0.488 e. The summed E-state index contributed by atoms with van der Waals surface area (Å²) in [6.45, 7) is 6.65. The molecule has 1 heterocycles. The Morgan fingerprint density at radius 2 is 1.93 bits per heavy atom. The third-order valence-corrected chi connectivity index (χ3v) is 6.45. The summed E-state index contributed by atoms with van der Waals surface area (Å²) in [6, 6.07) is 7.27. The fourth-order valence-corrected chi connectivity index (χ4v) is 3.32. The minimum atomic E-state index is -3.33. The maximum absolute atomic E-state index is 12.0. The van der Waals surface area contributed by atoms with E-state index in [1.807, 2.05) is 12.1 Å². The fourth-order valence-electron chi connectivity index (χ4n) is 2.47. The molecular formula is C19H30N2O5S. The highest BCUT2D eigenvalue weighted by Crippen LogP contribution is 2.20. The van der Waals surface area contributed by atoms with Crippen molar-refractivity contribution in [1.29, 1.82) is 0 Å². The van der Waals surface area contributed by atoms with E-state index in [2.05, 4.69) is 10.0 Å². The average molecular weight is 399 g/mol. The summed E-state index contributed by atoms with van der Waals surface area (Å²) in [5.41, 5.74) is 0.712. The molecule has 1 aliphatic heterocycles. The molecule has 27 heavy (non-hydrogen) atoms. The second kappa shape index (κ2) is 9.52. The molecule has 1 atom stereocenters. The lowest BCUT2D eigenvalue weighted by atomic mass is 10.2. The Bertz CT molecular complexity index is 705. The summed E-state index contributed by atoms with van der Waals surface area (Å²) in [7, 11) is -3.33. The van der Waals surface area contributed by atoms with Crippen molar-refractivity contribution in [2.24, 2.45) is 0 Å². The van der Waals surface area contributed by atoms with Gasteiger partial charge in [0.25, 0.3) is 0 Å². The van der Waals surface area contributed by atoms with Crippen molar-refractivity contribution in [3.05, 3.63) is 24.3 Å². The first-order valence-corrected chi connectivity index (χ1v) is 10.8. The molecule has 1 unspecified atom stereocenters. The van der Waals surface area contributed by atoms with E-state index in [1.54, 1.807) is 32.9 Å². The number of nitrogens with one attached hydrogen (secondary N) is 2. The van der Waals surface area contributed by atoms with E-state index in [0.29, 0.717) is 38.1 Å². The molecule has 2 N–H and O–H groups in total. The zero-order valence-electron chi connectivity index (χ0n) is 16.3. The third kappa shape index (κ3) is 7.12. The predicted molar refractivity (Wildman–Crippen MR) is 105 cm³/mol. The van der Waals surface area contributed by atoms with E-state index >= 15 is 0 Å². The number of benzene rings is 1. The number of anilines is 1. The van der Waals surface area contributed by atoms with Gasteiger partial charge in [0, 0.05) is 25.1 Å². The van der Waals surface area contributed by atoms with Crippen molar-refractivity contribution < 1.29 is 22.7 Å². The first-order chi connectivity index (χ1) is 12.7. The monoisotopic (exact) mass is 398 g/mol. The second-order valence-electron chi connectivity index (χ2n) is 7.64. The van der Waals surface area contributed by atoms with Crippen molar-refractivity contribution in [3.8, 4) is 5.75 Å². The van der Waals surface area contributed by atoms with Gasteiger partial charge in [-0.2, -0.15) is 0 Å². The molecule has 152 valence electrons. The van der Waals surface area contributed by atoms with Gasteiger partial charge in [0.2, 0.25) is 15.9 Å². The Morgan fingerprint density at radius 3 is 2.52 bits per heavy atom. The average Bonchev–Trinajstić information content (AvgIpc) is 3.08. The van der Waals surface area contributed by atoms with Gasteiger partial charge >= 0.3 is 0 Å². The predicted octanol–water partition coefficient (Wildman–Crippen LogP) is 2.68. The molecule has 1 aromatic rings. The molecule has 0 bridgehead atoms. The zero-order valence-corrected chi connectivity index (χ0v) is 17.1. The summed E-state index contributed by atoms with van der Waals surface area (Å²) in [5.74, 6) is 0.668. The molecule has 1 amide bonds. The van der Waals surface area contributed by atoms with Crippen LogP contribution < -0.4 is 14.8 Å².